The van der Waals surface area contributed by atoms with E-state index >= 15 is 0 Å². The van der Waals surface area contributed by atoms with Crippen LogP contribution in [0.4, 0.5) is 11.4 Å². The number of hydrogen-bond acceptors (Lipinski definition) is 4. The zero-order chi connectivity index (χ0) is 24.0. The minimum atomic E-state index is -3.93. The number of amides is 1. The molecule has 0 unspecified atom stereocenters. The SMILES string of the molecule is C[C@@H](C(=O)Nc1ccc(Cl)cc1C(=O)c1ccccc1)N1c2cccc3cccc(c23)S1(=O)=O. The van der Waals surface area contributed by atoms with Gasteiger partial charge in [-0.2, -0.15) is 0 Å². The first kappa shape index (κ1) is 22.1. The molecule has 0 saturated heterocycles. The number of sulfonamides is 1. The summed E-state index contributed by atoms with van der Waals surface area (Å²) in [6.07, 6.45) is 0. The summed E-state index contributed by atoms with van der Waals surface area (Å²) in [7, 11) is -3.93. The molecule has 5 rings (SSSR count). The molecule has 1 atom stereocenters. The van der Waals surface area contributed by atoms with Crippen LogP contribution in [-0.4, -0.2) is 26.2 Å². The quantitative estimate of drug-likeness (QED) is 0.387. The maximum Gasteiger partial charge on any atom is 0.265 e. The smallest absolute Gasteiger partial charge is 0.265 e. The van der Waals surface area contributed by atoms with E-state index in [1.807, 2.05) is 12.1 Å². The summed E-state index contributed by atoms with van der Waals surface area (Å²) in [5.41, 5.74) is 1.36. The molecule has 170 valence electrons. The molecule has 1 N–H and O–H groups in total. The highest BCUT2D eigenvalue weighted by Gasteiger charge is 2.41. The van der Waals surface area contributed by atoms with Crippen LogP contribution in [0.25, 0.3) is 10.8 Å². The average Bonchev–Trinajstić information content (AvgIpc) is 3.07. The first-order valence-electron chi connectivity index (χ1n) is 10.6. The first-order chi connectivity index (χ1) is 16.3. The topological polar surface area (TPSA) is 83.6 Å². The number of ketones is 1. The standard InChI is InChI=1S/C26H19ClN2O4S/c1-16(29-22-11-5-9-17-10-6-12-23(24(17)22)34(29,32)33)26(31)28-21-14-13-19(27)15-20(21)25(30)18-7-3-2-4-8-18/h2-16H,1H3,(H,28,31)/t16-/m0/s1. The Labute approximate surface area is 201 Å². The molecule has 1 amide bonds. The van der Waals surface area contributed by atoms with Crippen LogP contribution in [0.1, 0.15) is 22.8 Å². The van der Waals surface area contributed by atoms with Crippen molar-refractivity contribution in [3.05, 3.63) is 101 Å². The summed E-state index contributed by atoms with van der Waals surface area (Å²) in [5.74, 6) is -0.880. The van der Waals surface area contributed by atoms with Gasteiger partial charge in [-0.1, -0.05) is 66.2 Å². The summed E-state index contributed by atoms with van der Waals surface area (Å²) in [6, 6.07) is 22.5. The molecule has 0 aliphatic carbocycles. The number of carbonyl (C=O) groups is 2. The predicted octanol–water partition coefficient (Wildman–Crippen LogP) is 5.26. The van der Waals surface area contributed by atoms with Crippen LogP contribution in [0.3, 0.4) is 0 Å². The van der Waals surface area contributed by atoms with E-state index < -0.39 is 22.0 Å². The van der Waals surface area contributed by atoms with Crippen molar-refractivity contribution in [3.63, 3.8) is 0 Å². The lowest BCUT2D eigenvalue weighted by Crippen LogP contribution is -2.44. The highest BCUT2D eigenvalue weighted by molar-refractivity contribution is 7.93. The number of benzene rings is 4. The lowest BCUT2D eigenvalue weighted by molar-refractivity contribution is -0.116. The molecule has 6 nitrogen and oxygen atoms in total. The average molecular weight is 491 g/mol. The molecule has 0 fully saturated rings. The Balaban J connectivity index is 1.50. The fourth-order valence-electron chi connectivity index (χ4n) is 4.24. The fourth-order valence-corrected chi connectivity index (χ4v) is 6.28. The van der Waals surface area contributed by atoms with Crippen molar-refractivity contribution in [2.24, 2.45) is 0 Å². The zero-order valence-corrected chi connectivity index (χ0v) is 19.6. The number of halogens is 1. The second-order valence-corrected chi connectivity index (χ2v) is 10.2. The first-order valence-corrected chi connectivity index (χ1v) is 12.4. The van der Waals surface area contributed by atoms with Crippen molar-refractivity contribution in [1.29, 1.82) is 0 Å². The summed E-state index contributed by atoms with van der Waals surface area (Å²) in [4.78, 5) is 26.6. The van der Waals surface area contributed by atoms with Crippen molar-refractivity contribution >= 4 is 55.5 Å². The summed E-state index contributed by atoms with van der Waals surface area (Å²) in [6.45, 7) is 1.52. The van der Waals surface area contributed by atoms with E-state index in [1.54, 1.807) is 60.7 Å². The molecule has 1 aliphatic heterocycles. The van der Waals surface area contributed by atoms with E-state index in [1.165, 1.54) is 19.1 Å². The second kappa shape index (κ2) is 8.27. The third-order valence-corrected chi connectivity index (χ3v) is 8.03. The molecule has 1 heterocycles. The van der Waals surface area contributed by atoms with Crippen LogP contribution >= 0.6 is 11.6 Å². The van der Waals surface area contributed by atoms with Gasteiger partial charge < -0.3 is 5.32 Å². The summed E-state index contributed by atoms with van der Waals surface area (Å²) in [5, 5.41) is 4.45. The third kappa shape index (κ3) is 3.54. The van der Waals surface area contributed by atoms with Crippen LogP contribution in [0.2, 0.25) is 5.02 Å². The number of nitrogens with zero attached hydrogens (tertiary/aromatic N) is 1. The Kier molecular flexibility index (Phi) is 5.38. The Bertz CT molecular complexity index is 1560. The van der Waals surface area contributed by atoms with E-state index in [0.29, 0.717) is 21.7 Å². The van der Waals surface area contributed by atoms with E-state index in [-0.39, 0.29) is 21.9 Å². The molecule has 0 spiro atoms. The maximum absolute atomic E-state index is 13.3. The molecule has 0 radical (unpaired) electrons. The van der Waals surface area contributed by atoms with Gasteiger partial charge >= 0.3 is 0 Å². The van der Waals surface area contributed by atoms with Crippen LogP contribution in [0, 0.1) is 0 Å². The van der Waals surface area contributed by atoms with Gasteiger partial charge in [-0.25, -0.2) is 8.42 Å². The van der Waals surface area contributed by atoms with Gasteiger partial charge in [0.2, 0.25) is 5.91 Å². The normalized spacial score (nSPS) is 14.7. The van der Waals surface area contributed by atoms with E-state index in [9.17, 15) is 18.0 Å². The Morgan fingerprint density at radius 1 is 0.912 bits per heavy atom. The van der Waals surface area contributed by atoms with Crippen molar-refractivity contribution < 1.29 is 18.0 Å². The van der Waals surface area contributed by atoms with Crippen LogP contribution in [0.15, 0.2) is 89.8 Å². The van der Waals surface area contributed by atoms with E-state index in [0.717, 1.165) is 9.69 Å². The van der Waals surface area contributed by atoms with Crippen molar-refractivity contribution in [1.82, 2.24) is 0 Å². The molecule has 0 aromatic heterocycles. The predicted molar refractivity (Wildman–Crippen MR) is 133 cm³/mol. The zero-order valence-electron chi connectivity index (χ0n) is 18.0. The molecule has 1 aliphatic rings. The lowest BCUT2D eigenvalue weighted by atomic mass is 10.0. The van der Waals surface area contributed by atoms with Gasteiger partial charge in [-0.3, -0.25) is 13.9 Å². The molecular formula is C26H19ClN2O4S. The van der Waals surface area contributed by atoms with Gasteiger partial charge in [-0.15, -0.1) is 0 Å². The Morgan fingerprint density at radius 2 is 1.62 bits per heavy atom. The minimum Gasteiger partial charge on any atom is -0.324 e. The molecule has 4 aromatic carbocycles. The van der Waals surface area contributed by atoms with Crippen LogP contribution in [-0.2, 0) is 14.8 Å². The van der Waals surface area contributed by atoms with Crippen molar-refractivity contribution in [2.45, 2.75) is 17.9 Å². The molecular weight excluding hydrogens is 472 g/mol. The van der Waals surface area contributed by atoms with Gasteiger partial charge in [0.1, 0.15) is 6.04 Å². The number of nitrogens with one attached hydrogen (secondary N) is 1. The number of anilines is 2. The molecule has 4 aromatic rings. The molecule has 0 saturated carbocycles. The highest BCUT2D eigenvalue weighted by Crippen LogP contribution is 2.43. The molecule has 0 bridgehead atoms. The minimum absolute atomic E-state index is 0.173. The van der Waals surface area contributed by atoms with Gasteiger partial charge in [0.05, 0.1) is 16.3 Å². The van der Waals surface area contributed by atoms with Crippen LogP contribution < -0.4 is 9.62 Å². The Hall–Kier alpha value is -3.68. The van der Waals surface area contributed by atoms with Gasteiger partial charge in [0.15, 0.2) is 5.78 Å². The third-order valence-electron chi connectivity index (χ3n) is 5.87. The fraction of sp³-hybridized carbons (Fsp3) is 0.0769. The lowest BCUT2D eigenvalue weighted by Gasteiger charge is -2.25. The second-order valence-electron chi connectivity index (χ2n) is 7.98. The number of hydrogen-bond donors (Lipinski definition) is 1. The molecule has 34 heavy (non-hydrogen) atoms. The van der Waals surface area contributed by atoms with Gasteiger partial charge in [0.25, 0.3) is 10.0 Å². The van der Waals surface area contributed by atoms with Gasteiger partial charge in [0, 0.05) is 21.5 Å². The summed E-state index contributed by atoms with van der Waals surface area (Å²) >= 11 is 6.13. The van der Waals surface area contributed by atoms with Gasteiger partial charge in [-0.05, 0) is 42.6 Å². The Morgan fingerprint density at radius 3 is 2.35 bits per heavy atom. The van der Waals surface area contributed by atoms with E-state index in [4.69, 9.17) is 11.6 Å². The maximum atomic E-state index is 13.3. The van der Waals surface area contributed by atoms with E-state index in [2.05, 4.69) is 5.32 Å². The number of carbonyl (C=O) groups excluding carboxylic acids is 2. The van der Waals surface area contributed by atoms with Crippen LogP contribution in [0.5, 0.6) is 0 Å². The largest absolute Gasteiger partial charge is 0.324 e. The highest BCUT2D eigenvalue weighted by atomic mass is 35.5. The van der Waals surface area contributed by atoms with Crippen molar-refractivity contribution in [3.8, 4) is 0 Å². The summed E-state index contributed by atoms with van der Waals surface area (Å²) < 4.78 is 27.8. The van der Waals surface area contributed by atoms with Crippen molar-refractivity contribution in [2.75, 3.05) is 9.62 Å². The monoisotopic (exact) mass is 490 g/mol. The number of rotatable bonds is 5. The molecule has 8 heteroatoms.